The van der Waals surface area contributed by atoms with Gasteiger partial charge in [-0.3, -0.25) is 13.9 Å². The van der Waals surface area contributed by atoms with Gasteiger partial charge in [-0.15, -0.1) is 0 Å². The molecule has 0 bridgehead atoms. The van der Waals surface area contributed by atoms with Gasteiger partial charge < -0.3 is 4.84 Å². The predicted molar refractivity (Wildman–Crippen MR) is 127 cm³/mol. The van der Waals surface area contributed by atoms with Gasteiger partial charge in [0.15, 0.2) is 0 Å². The van der Waals surface area contributed by atoms with E-state index >= 15 is 0 Å². The molecule has 4 aliphatic rings. The first-order valence-corrected chi connectivity index (χ1v) is 13.1. The summed E-state index contributed by atoms with van der Waals surface area (Å²) in [6, 6.07) is 2.20. The lowest BCUT2D eigenvalue weighted by molar-refractivity contribution is -0.136. The number of pyridine rings is 1. The normalized spacial score (nSPS) is 33.3. The fourth-order valence-corrected chi connectivity index (χ4v) is 7.23. The Morgan fingerprint density at radius 3 is 2.61 bits per heavy atom. The molecule has 0 aromatic carbocycles. The lowest BCUT2D eigenvalue weighted by Crippen LogP contribution is -2.51. The average molecular weight is 509 g/mol. The maximum Gasteiger partial charge on any atom is 0.418 e. The molecular weight excluding hydrogens is 473 g/mol. The van der Waals surface area contributed by atoms with Crippen LogP contribution in [0, 0.1) is 29.6 Å². The molecule has 4 heterocycles. The summed E-state index contributed by atoms with van der Waals surface area (Å²) in [7, 11) is 2.12. The number of hydrogen-bond acceptors (Lipinski definition) is 6. The van der Waals surface area contributed by atoms with E-state index in [9.17, 15) is 18.0 Å². The summed E-state index contributed by atoms with van der Waals surface area (Å²) < 4.78 is 43.9. The molecule has 36 heavy (non-hydrogen) atoms. The molecule has 11 heteroatoms. The second-order valence-corrected chi connectivity index (χ2v) is 11.2. The fraction of sp³-hybridized carbons (Fsp3) is 0.720. The standard InChI is InChI=1S/C25H35F3N6O2/c1-32-14-29-31-23(32)22(15-4-2-5-15)17-8-16(18-11-30-36-13-18)9-19(10-17)34-12-21-20(25(26,27)28)6-3-7-33(21)24(34)35/h3,6-7,12,15-19,22-23,29-31H,2,4-5,8-11,13-14H2,1H3/t16?,17?,18?,19?,22-,23?/m0/s1. The summed E-state index contributed by atoms with van der Waals surface area (Å²) in [4.78, 5) is 21.2. The average Bonchev–Trinajstić information content (AvgIpc) is 3.56. The van der Waals surface area contributed by atoms with Crippen molar-refractivity contribution in [3.05, 3.63) is 40.6 Å². The summed E-state index contributed by atoms with van der Waals surface area (Å²) in [5.74, 6) is 2.06. The van der Waals surface area contributed by atoms with Crippen LogP contribution in [0.2, 0.25) is 0 Å². The Balaban J connectivity index is 1.38. The maximum atomic E-state index is 13.7. The highest BCUT2D eigenvalue weighted by Crippen LogP contribution is 2.49. The molecule has 0 spiro atoms. The highest BCUT2D eigenvalue weighted by atomic mass is 19.4. The van der Waals surface area contributed by atoms with Crippen molar-refractivity contribution in [3.8, 4) is 0 Å². The van der Waals surface area contributed by atoms with Crippen LogP contribution in [0.25, 0.3) is 5.52 Å². The Morgan fingerprint density at radius 2 is 1.97 bits per heavy atom. The first kappa shape index (κ1) is 24.4. The molecular formula is C25H35F3N6O2. The molecule has 2 aliphatic heterocycles. The molecule has 198 valence electrons. The maximum absolute atomic E-state index is 13.7. The smallest absolute Gasteiger partial charge is 0.301 e. The largest absolute Gasteiger partial charge is 0.418 e. The number of hydrogen-bond donors (Lipinski definition) is 3. The van der Waals surface area contributed by atoms with E-state index in [0.717, 1.165) is 42.9 Å². The van der Waals surface area contributed by atoms with Gasteiger partial charge in [-0.2, -0.15) is 13.2 Å². The molecule has 2 aromatic rings. The van der Waals surface area contributed by atoms with Crippen molar-refractivity contribution in [2.45, 2.75) is 56.9 Å². The molecule has 0 amide bonds. The Kier molecular flexibility index (Phi) is 6.40. The van der Waals surface area contributed by atoms with Gasteiger partial charge in [0, 0.05) is 30.9 Å². The van der Waals surface area contributed by atoms with Crippen molar-refractivity contribution in [2.24, 2.45) is 29.6 Å². The van der Waals surface area contributed by atoms with Crippen LogP contribution in [-0.4, -0.2) is 46.9 Å². The molecule has 6 rings (SSSR count). The molecule has 5 unspecified atom stereocenters. The number of hydrazine groups is 1. The molecule has 3 N–H and O–H groups in total. The van der Waals surface area contributed by atoms with E-state index in [1.54, 1.807) is 4.57 Å². The SMILES string of the molecule is CN1CNNC1[C@@H](C1CCC1)C1CC(C2CNOC2)CC(n2cc3c(C(F)(F)F)cccn3c2=O)C1. The van der Waals surface area contributed by atoms with Gasteiger partial charge >= 0.3 is 11.9 Å². The van der Waals surface area contributed by atoms with Gasteiger partial charge in [-0.25, -0.2) is 21.1 Å². The van der Waals surface area contributed by atoms with Crippen molar-refractivity contribution in [3.63, 3.8) is 0 Å². The second kappa shape index (κ2) is 9.43. The molecule has 0 radical (unpaired) electrons. The highest BCUT2D eigenvalue weighted by Gasteiger charge is 2.46. The fourth-order valence-electron chi connectivity index (χ4n) is 7.23. The van der Waals surface area contributed by atoms with E-state index in [1.165, 1.54) is 37.7 Å². The zero-order valence-corrected chi connectivity index (χ0v) is 20.5. The van der Waals surface area contributed by atoms with Gasteiger partial charge in [-0.1, -0.05) is 19.3 Å². The number of fused-ring (bicyclic) bond motifs is 1. The van der Waals surface area contributed by atoms with Crippen LogP contribution in [0.5, 0.6) is 0 Å². The lowest BCUT2D eigenvalue weighted by Gasteiger charge is -2.48. The summed E-state index contributed by atoms with van der Waals surface area (Å²) in [5.41, 5.74) is 8.54. The molecule has 2 aromatic heterocycles. The van der Waals surface area contributed by atoms with E-state index in [2.05, 4.69) is 28.3 Å². The zero-order chi connectivity index (χ0) is 25.0. The Morgan fingerprint density at radius 1 is 1.14 bits per heavy atom. The zero-order valence-electron chi connectivity index (χ0n) is 20.5. The minimum Gasteiger partial charge on any atom is -0.301 e. The number of halogens is 3. The van der Waals surface area contributed by atoms with Gasteiger partial charge in [0.25, 0.3) is 0 Å². The molecule has 2 saturated heterocycles. The highest BCUT2D eigenvalue weighted by molar-refractivity contribution is 5.55. The van der Waals surface area contributed by atoms with Crippen molar-refractivity contribution >= 4 is 5.52 Å². The van der Waals surface area contributed by atoms with Crippen molar-refractivity contribution in [1.29, 1.82) is 0 Å². The van der Waals surface area contributed by atoms with Crippen LogP contribution in [0.4, 0.5) is 13.2 Å². The van der Waals surface area contributed by atoms with E-state index in [1.807, 2.05) is 0 Å². The number of imidazole rings is 1. The van der Waals surface area contributed by atoms with Crippen LogP contribution >= 0.6 is 0 Å². The molecule has 6 atom stereocenters. The molecule has 2 saturated carbocycles. The number of hydroxylamine groups is 1. The van der Waals surface area contributed by atoms with Crippen molar-refractivity contribution in [1.82, 2.24) is 30.2 Å². The number of alkyl halides is 3. The summed E-state index contributed by atoms with van der Waals surface area (Å²) in [6.07, 6.45) is 4.86. The Labute approximate surface area is 208 Å². The number of nitrogens with zero attached hydrogens (tertiary/aromatic N) is 3. The van der Waals surface area contributed by atoms with Crippen LogP contribution in [0.1, 0.15) is 50.1 Å². The third kappa shape index (κ3) is 4.28. The second-order valence-electron chi connectivity index (χ2n) is 11.2. The van der Waals surface area contributed by atoms with E-state index in [4.69, 9.17) is 4.84 Å². The van der Waals surface area contributed by atoms with Gasteiger partial charge in [0.2, 0.25) is 0 Å². The monoisotopic (exact) mass is 508 g/mol. The third-order valence-electron chi connectivity index (χ3n) is 9.24. The third-order valence-corrected chi connectivity index (χ3v) is 9.24. The Hall–Kier alpha value is -1.92. The van der Waals surface area contributed by atoms with Crippen molar-refractivity contribution in [2.75, 3.05) is 26.9 Å². The van der Waals surface area contributed by atoms with Gasteiger partial charge in [-0.05, 0) is 62.1 Å². The predicted octanol–water partition coefficient (Wildman–Crippen LogP) is 2.97. The van der Waals surface area contributed by atoms with E-state index in [-0.39, 0.29) is 23.4 Å². The minimum atomic E-state index is -4.52. The number of aromatic nitrogens is 2. The van der Waals surface area contributed by atoms with E-state index < -0.39 is 11.7 Å². The summed E-state index contributed by atoms with van der Waals surface area (Å²) in [5, 5.41) is 0. The van der Waals surface area contributed by atoms with E-state index in [0.29, 0.717) is 36.2 Å². The lowest BCUT2D eigenvalue weighted by atomic mass is 9.62. The van der Waals surface area contributed by atoms with Crippen molar-refractivity contribution < 1.29 is 18.0 Å². The summed E-state index contributed by atoms with van der Waals surface area (Å²) >= 11 is 0. The Bertz CT molecular complexity index is 1140. The van der Waals surface area contributed by atoms with Crippen LogP contribution in [0.3, 0.4) is 0 Å². The first-order chi connectivity index (χ1) is 17.3. The van der Waals surface area contributed by atoms with Crippen LogP contribution in [-0.2, 0) is 11.0 Å². The molecule has 4 fully saturated rings. The molecule has 8 nitrogen and oxygen atoms in total. The topological polar surface area (TPSA) is 75.0 Å². The molecule has 2 aliphatic carbocycles. The summed E-state index contributed by atoms with van der Waals surface area (Å²) in [6.45, 7) is 2.18. The quantitative estimate of drug-likeness (QED) is 0.577. The van der Waals surface area contributed by atoms with Crippen LogP contribution in [0.15, 0.2) is 29.3 Å². The first-order valence-electron chi connectivity index (χ1n) is 13.1. The number of rotatable bonds is 5. The minimum absolute atomic E-state index is 0.0727. The van der Waals surface area contributed by atoms with Crippen LogP contribution < -0.4 is 22.0 Å². The number of nitrogens with one attached hydrogen (secondary N) is 3. The van der Waals surface area contributed by atoms with Gasteiger partial charge in [0.05, 0.1) is 30.5 Å². The van der Waals surface area contributed by atoms with Gasteiger partial charge in [0.1, 0.15) is 0 Å².